The molecule has 0 N–H and O–H groups in total. The Balaban J connectivity index is 1.72. The molecule has 13 heteroatoms. The minimum atomic E-state index is -5.03. The molecule has 222 valence electrons. The minimum absolute atomic E-state index is 0.00670. The van der Waals surface area contributed by atoms with Crippen LogP contribution in [-0.4, -0.2) is 23.3 Å². The summed E-state index contributed by atoms with van der Waals surface area (Å²) in [6.07, 6.45) is -3.61. The molecular formula is C30H20Cl3F3N2O4S. The maximum Gasteiger partial charge on any atom is 0.434 e. The van der Waals surface area contributed by atoms with Crippen LogP contribution in [0.1, 0.15) is 29.7 Å². The molecule has 0 fully saturated rings. The van der Waals surface area contributed by atoms with E-state index in [0.29, 0.717) is 21.9 Å². The average molecular weight is 668 g/mol. The number of esters is 1. The first kappa shape index (κ1) is 30.9. The largest absolute Gasteiger partial charge is 0.487 e. The second-order valence-corrected chi connectivity index (χ2v) is 11.5. The molecule has 43 heavy (non-hydrogen) atoms. The van der Waals surface area contributed by atoms with Crippen molar-refractivity contribution >= 4 is 58.2 Å². The van der Waals surface area contributed by atoms with Crippen LogP contribution in [0.15, 0.2) is 87.8 Å². The number of ether oxygens (including phenoxy) is 2. The van der Waals surface area contributed by atoms with Gasteiger partial charge in [-0.3, -0.25) is 9.36 Å². The summed E-state index contributed by atoms with van der Waals surface area (Å²) >= 11 is 19.5. The molecule has 4 aromatic rings. The number of hydrogen-bond donors (Lipinski definition) is 0. The van der Waals surface area contributed by atoms with E-state index in [2.05, 4.69) is 4.99 Å². The smallest absolute Gasteiger partial charge is 0.434 e. The van der Waals surface area contributed by atoms with Crippen LogP contribution < -0.4 is 19.6 Å². The first-order valence-electron chi connectivity index (χ1n) is 12.7. The summed E-state index contributed by atoms with van der Waals surface area (Å²) in [6, 6.07) is 16.6. The minimum Gasteiger partial charge on any atom is -0.487 e. The summed E-state index contributed by atoms with van der Waals surface area (Å²) in [7, 11) is 0. The van der Waals surface area contributed by atoms with Crippen LogP contribution in [0.3, 0.4) is 0 Å². The molecule has 0 unspecified atom stereocenters. The quantitative estimate of drug-likeness (QED) is 0.202. The topological polar surface area (TPSA) is 69.9 Å². The zero-order chi connectivity index (χ0) is 30.9. The number of carbonyl (C=O) groups excluding carboxylic acids is 1. The van der Waals surface area contributed by atoms with Gasteiger partial charge in [0.15, 0.2) is 10.5 Å². The molecule has 0 spiro atoms. The Bertz CT molecular complexity index is 1900. The third kappa shape index (κ3) is 6.52. The Morgan fingerprint density at radius 2 is 1.74 bits per heavy atom. The van der Waals surface area contributed by atoms with Crippen LogP contribution >= 0.6 is 46.1 Å². The van der Waals surface area contributed by atoms with Gasteiger partial charge in [-0.25, -0.2) is 9.79 Å². The van der Waals surface area contributed by atoms with E-state index >= 15 is 0 Å². The molecule has 0 radical (unpaired) electrons. The normalized spacial score (nSPS) is 15.2. The number of nitrogens with zero attached hydrogens (tertiary/aromatic N) is 2. The van der Waals surface area contributed by atoms with Gasteiger partial charge >= 0.3 is 12.1 Å². The molecule has 1 aromatic heterocycles. The summed E-state index contributed by atoms with van der Waals surface area (Å²) in [5.41, 5.74) is -1.58. The number of aromatic nitrogens is 1. The van der Waals surface area contributed by atoms with Crippen molar-refractivity contribution in [3.05, 3.63) is 129 Å². The SMILES string of the molecule is CCOC(=O)C1=C(C(F)(F)F)N=c2s/c(=C\c3cc(Cl)cc(Cl)c3OCc3ccccc3)c(=O)n2[C@H]1c1ccc(Cl)cc1. The van der Waals surface area contributed by atoms with Crippen LogP contribution in [0.2, 0.25) is 15.1 Å². The maximum atomic E-state index is 14.3. The number of carbonyl (C=O) groups is 1. The van der Waals surface area contributed by atoms with Crippen molar-refractivity contribution < 1.29 is 27.4 Å². The van der Waals surface area contributed by atoms with E-state index in [1.165, 1.54) is 49.4 Å². The Hall–Kier alpha value is -3.57. The fraction of sp³-hybridized carbons (Fsp3) is 0.167. The molecule has 5 rings (SSSR count). The lowest BCUT2D eigenvalue weighted by Crippen LogP contribution is -2.41. The van der Waals surface area contributed by atoms with Crippen LogP contribution in [0, 0.1) is 0 Å². The standard InChI is InChI=1S/C30H20Cl3F3N2O4S/c1-2-41-28(40)23-24(17-8-10-19(31)11-9-17)38-27(39)22(43-29(38)37-26(23)30(34,35)36)13-18-12-20(32)14-21(33)25(18)42-15-16-6-4-3-5-7-16/h3-14,24H,2,15H2,1H3/b22-13-/t24-/m0/s1. The number of allylic oxidation sites excluding steroid dienone is 1. The molecule has 2 heterocycles. The predicted octanol–water partition coefficient (Wildman–Crippen LogP) is 6.88. The fourth-order valence-electron chi connectivity index (χ4n) is 4.51. The number of benzene rings is 3. The summed E-state index contributed by atoms with van der Waals surface area (Å²) in [4.78, 5) is 30.4. The lowest BCUT2D eigenvalue weighted by molar-refractivity contribution is -0.140. The van der Waals surface area contributed by atoms with Crippen molar-refractivity contribution in [1.82, 2.24) is 4.57 Å². The van der Waals surface area contributed by atoms with Gasteiger partial charge in [0.1, 0.15) is 12.4 Å². The lowest BCUT2D eigenvalue weighted by atomic mass is 9.95. The van der Waals surface area contributed by atoms with E-state index in [-0.39, 0.29) is 43.9 Å². The molecule has 0 aliphatic carbocycles. The van der Waals surface area contributed by atoms with Crippen molar-refractivity contribution in [3.8, 4) is 5.75 Å². The summed E-state index contributed by atoms with van der Waals surface area (Å²) in [5.74, 6) is -1.02. The molecule has 1 atom stereocenters. The number of thiazole rings is 1. The number of hydrogen-bond acceptors (Lipinski definition) is 6. The van der Waals surface area contributed by atoms with E-state index in [1.54, 1.807) is 0 Å². The van der Waals surface area contributed by atoms with Crippen LogP contribution in [-0.2, 0) is 16.1 Å². The Labute approximate surface area is 261 Å². The van der Waals surface area contributed by atoms with E-state index in [1.807, 2.05) is 30.3 Å². The number of halogens is 6. The third-order valence-electron chi connectivity index (χ3n) is 6.33. The Morgan fingerprint density at radius 1 is 1.05 bits per heavy atom. The fourth-order valence-corrected chi connectivity index (χ4v) is 6.19. The van der Waals surface area contributed by atoms with E-state index in [4.69, 9.17) is 44.3 Å². The molecule has 6 nitrogen and oxygen atoms in total. The van der Waals surface area contributed by atoms with Gasteiger partial charge in [0.2, 0.25) is 0 Å². The molecular weight excluding hydrogens is 648 g/mol. The van der Waals surface area contributed by atoms with Crippen molar-refractivity contribution in [1.29, 1.82) is 0 Å². The van der Waals surface area contributed by atoms with Gasteiger partial charge in [-0.1, -0.05) is 88.6 Å². The van der Waals surface area contributed by atoms with Gasteiger partial charge in [0.25, 0.3) is 5.56 Å². The average Bonchev–Trinajstić information content (AvgIpc) is 3.26. The summed E-state index contributed by atoms with van der Waals surface area (Å²) in [6.45, 7) is 1.43. The lowest BCUT2D eigenvalue weighted by Gasteiger charge is -2.26. The van der Waals surface area contributed by atoms with Crippen molar-refractivity contribution in [2.24, 2.45) is 4.99 Å². The summed E-state index contributed by atoms with van der Waals surface area (Å²) in [5, 5.41) is 0.735. The van der Waals surface area contributed by atoms with Gasteiger partial charge in [0.05, 0.1) is 27.8 Å². The molecule has 0 amide bonds. The highest BCUT2D eigenvalue weighted by molar-refractivity contribution is 7.07. The van der Waals surface area contributed by atoms with E-state index in [9.17, 15) is 22.8 Å². The molecule has 3 aromatic carbocycles. The number of rotatable bonds is 7. The van der Waals surface area contributed by atoms with E-state index < -0.39 is 35.0 Å². The first-order chi connectivity index (χ1) is 20.5. The van der Waals surface area contributed by atoms with Crippen LogP contribution in [0.5, 0.6) is 5.75 Å². The van der Waals surface area contributed by atoms with Crippen molar-refractivity contribution in [3.63, 3.8) is 0 Å². The molecule has 1 aliphatic heterocycles. The monoisotopic (exact) mass is 666 g/mol. The second kappa shape index (κ2) is 12.6. The van der Waals surface area contributed by atoms with Gasteiger partial charge in [-0.05, 0) is 48.4 Å². The zero-order valence-corrected chi connectivity index (χ0v) is 25.2. The van der Waals surface area contributed by atoms with Crippen molar-refractivity contribution in [2.45, 2.75) is 25.7 Å². The highest BCUT2D eigenvalue weighted by Crippen LogP contribution is 2.39. The van der Waals surface area contributed by atoms with Crippen LogP contribution in [0.4, 0.5) is 13.2 Å². The zero-order valence-electron chi connectivity index (χ0n) is 22.1. The van der Waals surface area contributed by atoms with Crippen LogP contribution in [0.25, 0.3) is 6.08 Å². The highest BCUT2D eigenvalue weighted by atomic mass is 35.5. The molecule has 1 aliphatic rings. The van der Waals surface area contributed by atoms with Gasteiger partial charge in [-0.2, -0.15) is 13.2 Å². The number of alkyl halides is 3. The Morgan fingerprint density at radius 3 is 2.40 bits per heavy atom. The van der Waals surface area contributed by atoms with E-state index in [0.717, 1.165) is 10.1 Å². The predicted molar refractivity (Wildman–Crippen MR) is 159 cm³/mol. The molecule has 0 bridgehead atoms. The number of fused-ring (bicyclic) bond motifs is 1. The summed E-state index contributed by atoms with van der Waals surface area (Å²) < 4.78 is 55.1. The van der Waals surface area contributed by atoms with Gasteiger partial charge in [-0.15, -0.1) is 0 Å². The second-order valence-electron chi connectivity index (χ2n) is 9.20. The maximum absolute atomic E-state index is 14.3. The Kier molecular flexibility index (Phi) is 9.03. The van der Waals surface area contributed by atoms with Crippen molar-refractivity contribution in [2.75, 3.05) is 6.61 Å². The third-order valence-corrected chi connectivity index (χ3v) is 8.06. The molecule has 0 saturated heterocycles. The van der Waals surface area contributed by atoms with Gasteiger partial charge < -0.3 is 9.47 Å². The molecule has 0 saturated carbocycles. The van der Waals surface area contributed by atoms with Gasteiger partial charge in [0, 0.05) is 15.6 Å². The highest BCUT2D eigenvalue weighted by Gasteiger charge is 2.45. The first-order valence-corrected chi connectivity index (χ1v) is 14.6.